The zero-order valence-electron chi connectivity index (χ0n) is 10.7. The van der Waals surface area contributed by atoms with Crippen molar-refractivity contribution in [1.82, 2.24) is 25.0 Å². The number of hydrogen-bond donors (Lipinski definition) is 1. The standard InChI is InChI=1S/C13H13N5O/c1-8-10-5-3-4-6-11(10)13(19)18(17-8)7-12-14-9(2)15-16-12/h3-6H,7H2,1-2H3,(H,14,15,16). The minimum absolute atomic E-state index is 0.122. The van der Waals surface area contributed by atoms with Crippen LogP contribution in [0.4, 0.5) is 0 Å². The van der Waals surface area contributed by atoms with Crippen molar-refractivity contribution in [2.24, 2.45) is 0 Å². The van der Waals surface area contributed by atoms with Crippen molar-refractivity contribution in [1.29, 1.82) is 0 Å². The molecule has 2 aromatic heterocycles. The molecule has 1 aromatic carbocycles. The van der Waals surface area contributed by atoms with Crippen LogP contribution in [0.2, 0.25) is 0 Å². The number of fused-ring (bicyclic) bond motifs is 1. The molecular formula is C13H13N5O. The summed E-state index contributed by atoms with van der Waals surface area (Å²) in [5.74, 6) is 1.28. The molecule has 0 unspecified atom stereocenters. The number of nitrogens with one attached hydrogen (secondary N) is 1. The lowest BCUT2D eigenvalue weighted by Crippen LogP contribution is -2.25. The van der Waals surface area contributed by atoms with Crippen LogP contribution in [0.15, 0.2) is 29.1 Å². The monoisotopic (exact) mass is 255 g/mol. The number of benzene rings is 1. The second-order valence-electron chi connectivity index (χ2n) is 4.43. The van der Waals surface area contributed by atoms with E-state index < -0.39 is 0 Å². The summed E-state index contributed by atoms with van der Waals surface area (Å²) in [6.07, 6.45) is 0. The minimum Gasteiger partial charge on any atom is -0.267 e. The first-order valence-corrected chi connectivity index (χ1v) is 5.99. The molecule has 3 rings (SSSR count). The number of hydrogen-bond acceptors (Lipinski definition) is 4. The lowest BCUT2D eigenvalue weighted by atomic mass is 10.1. The Labute approximate surface area is 109 Å². The van der Waals surface area contributed by atoms with Crippen molar-refractivity contribution in [3.8, 4) is 0 Å². The predicted molar refractivity (Wildman–Crippen MR) is 71.0 cm³/mol. The van der Waals surface area contributed by atoms with Gasteiger partial charge in [0.15, 0.2) is 5.82 Å². The molecule has 96 valence electrons. The van der Waals surface area contributed by atoms with Gasteiger partial charge in [0.2, 0.25) is 0 Å². The number of aryl methyl sites for hydroxylation is 2. The highest BCUT2D eigenvalue weighted by Crippen LogP contribution is 2.11. The van der Waals surface area contributed by atoms with Crippen LogP contribution >= 0.6 is 0 Å². The van der Waals surface area contributed by atoms with Crippen LogP contribution in [-0.2, 0) is 6.54 Å². The van der Waals surface area contributed by atoms with Crippen molar-refractivity contribution >= 4 is 10.8 Å². The summed E-state index contributed by atoms with van der Waals surface area (Å²) in [4.78, 5) is 16.5. The highest BCUT2D eigenvalue weighted by atomic mass is 16.1. The normalized spacial score (nSPS) is 11.1. The van der Waals surface area contributed by atoms with Gasteiger partial charge in [-0.2, -0.15) is 10.2 Å². The molecule has 3 aromatic rings. The summed E-state index contributed by atoms with van der Waals surface area (Å²) in [7, 11) is 0. The van der Waals surface area contributed by atoms with Gasteiger partial charge in [-0.1, -0.05) is 18.2 Å². The molecule has 19 heavy (non-hydrogen) atoms. The molecule has 0 saturated carbocycles. The van der Waals surface area contributed by atoms with Crippen LogP contribution in [0.25, 0.3) is 10.8 Å². The summed E-state index contributed by atoms with van der Waals surface area (Å²) in [6, 6.07) is 7.47. The molecule has 0 saturated heterocycles. The number of H-pyrrole nitrogens is 1. The van der Waals surface area contributed by atoms with Crippen LogP contribution in [0, 0.1) is 13.8 Å². The average Bonchev–Trinajstić information content (AvgIpc) is 2.81. The maximum Gasteiger partial charge on any atom is 0.275 e. The van der Waals surface area contributed by atoms with E-state index in [9.17, 15) is 4.79 Å². The predicted octanol–water partition coefficient (Wildman–Crippen LogP) is 1.18. The topological polar surface area (TPSA) is 76.5 Å². The maximum atomic E-state index is 12.3. The molecule has 0 radical (unpaired) electrons. The summed E-state index contributed by atoms with van der Waals surface area (Å²) in [6.45, 7) is 3.98. The fourth-order valence-corrected chi connectivity index (χ4v) is 2.11. The SMILES string of the molecule is Cc1nc(Cn2nc(C)c3ccccc3c2=O)n[nH]1. The number of rotatable bonds is 2. The summed E-state index contributed by atoms with van der Waals surface area (Å²) < 4.78 is 1.40. The van der Waals surface area contributed by atoms with E-state index in [2.05, 4.69) is 20.3 Å². The van der Waals surface area contributed by atoms with E-state index in [1.165, 1.54) is 4.68 Å². The first kappa shape index (κ1) is 11.6. The molecule has 0 fully saturated rings. The van der Waals surface area contributed by atoms with Gasteiger partial charge in [-0.05, 0) is 19.9 Å². The largest absolute Gasteiger partial charge is 0.275 e. The first-order valence-electron chi connectivity index (χ1n) is 5.99. The summed E-state index contributed by atoms with van der Waals surface area (Å²) in [5, 5.41) is 12.7. The lowest BCUT2D eigenvalue weighted by Gasteiger charge is -2.06. The smallest absolute Gasteiger partial charge is 0.267 e. The lowest BCUT2D eigenvalue weighted by molar-refractivity contribution is 0.615. The van der Waals surface area contributed by atoms with Crippen LogP contribution in [0.3, 0.4) is 0 Å². The van der Waals surface area contributed by atoms with Crippen molar-refractivity contribution in [2.45, 2.75) is 20.4 Å². The fourth-order valence-electron chi connectivity index (χ4n) is 2.11. The van der Waals surface area contributed by atoms with Gasteiger partial charge in [0.25, 0.3) is 5.56 Å². The van der Waals surface area contributed by atoms with Gasteiger partial charge >= 0.3 is 0 Å². The molecule has 0 spiro atoms. The molecular weight excluding hydrogens is 242 g/mol. The Bertz CT molecular complexity index is 802. The molecule has 2 heterocycles. The Morgan fingerprint density at radius 3 is 2.63 bits per heavy atom. The molecule has 0 amide bonds. The third kappa shape index (κ3) is 2.01. The molecule has 6 heteroatoms. The van der Waals surface area contributed by atoms with Gasteiger partial charge < -0.3 is 0 Å². The van der Waals surface area contributed by atoms with Gasteiger partial charge in [0.05, 0.1) is 11.1 Å². The highest BCUT2D eigenvalue weighted by Gasteiger charge is 2.09. The minimum atomic E-state index is -0.122. The Balaban J connectivity index is 2.14. The molecule has 6 nitrogen and oxygen atoms in total. The average molecular weight is 255 g/mol. The van der Waals surface area contributed by atoms with Gasteiger partial charge in [0, 0.05) is 5.39 Å². The summed E-state index contributed by atoms with van der Waals surface area (Å²) >= 11 is 0. The zero-order chi connectivity index (χ0) is 13.4. The Morgan fingerprint density at radius 1 is 1.21 bits per heavy atom. The zero-order valence-corrected chi connectivity index (χ0v) is 10.7. The van der Waals surface area contributed by atoms with Crippen molar-refractivity contribution in [3.63, 3.8) is 0 Å². The maximum absolute atomic E-state index is 12.3. The van der Waals surface area contributed by atoms with Crippen molar-refractivity contribution in [2.75, 3.05) is 0 Å². The third-order valence-electron chi connectivity index (χ3n) is 2.99. The van der Waals surface area contributed by atoms with E-state index in [1.807, 2.05) is 38.1 Å². The van der Waals surface area contributed by atoms with Gasteiger partial charge in [-0.15, -0.1) is 0 Å². The van der Waals surface area contributed by atoms with E-state index in [1.54, 1.807) is 0 Å². The van der Waals surface area contributed by atoms with E-state index in [0.29, 0.717) is 11.2 Å². The van der Waals surface area contributed by atoms with Crippen LogP contribution in [-0.4, -0.2) is 25.0 Å². The molecule has 0 aliphatic heterocycles. The molecule has 1 N–H and O–H groups in total. The van der Waals surface area contributed by atoms with E-state index in [4.69, 9.17) is 0 Å². The first-order chi connectivity index (χ1) is 9.15. The highest BCUT2D eigenvalue weighted by molar-refractivity contribution is 5.83. The summed E-state index contributed by atoms with van der Waals surface area (Å²) in [5.41, 5.74) is 0.700. The number of aromatic nitrogens is 5. The molecule has 0 aliphatic carbocycles. The van der Waals surface area contributed by atoms with Gasteiger partial charge in [-0.25, -0.2) is 9.67 Å². The second kappa shape index (κ2) is 4.31. The third-order valence-corrected chi connectivity index (χ3v) is 2.99. The van der Waals surface area contributed by atoms with E-state index >= 15 is 0 Å². The van der Waals surface area contributed by atoms with Crippen molar-refractivity contribution < 1.29 is 0 Å². The van der Waals surface area contributed by atoms with Crippen LogP contribution in [0.1, 0.15) is 17.3 Å². The Hall–Kier alpha value is -2.50. The van der Waals surface area contributed by atoms with Crippen molar-refractivity contribution in [3.05, 3.63) is 52.0 Å². The fraction of sp³-hybridized carbons (Fsp3) is 0.231. The molecule has 0 bridgehead atoms. The number of aromatic amines is 1. The molecule has 0 aliphatic rings. The van der Waals surface area contributed by atoms with Crippen LogP contribution < -0.4 is 5.56 Å². The molecule has 0 atom stereocenters. The van der Waals surface area contributed by atoms with Gasteiger partial charge in [0.1, 0.15) is 12.4 Å². The Morgan fingerprint density at radius 2 is 1.95 bits per heavy atom. The van der Waals surface area contributed by atoms with Gasteiger partial charge in [-0.3, -0.25) is 9.89 Å². The van der Waals surface area contributed by atoms with E-state index in [0.717, 1.165) is 16.9 Å². The number of nitrogens with zero attached hydrogens (tertiary/aromatic N) is 4. The van der Waals surface area contributed by atoms with Crippen LogP contribution in [0.5, 0.6) is 0 Å². The second-order valence-corrected chi connectivity index (χ2v) is 4.43. The quantitative estimate of drug-likeness (QED) is 0.746. The Kier molecular flexibility index (Phi) is 2.63. The van der Waals surface area contributed by atoms with E-state index in [-0.39, 0.29) is 12.1 Å².